The topological polar surface area (TPSA) is 83.1 Å². The molecule has 0 saturated carbocycles. The molecule has 0 saturated heterocycles. The molecule has 1 aromatic heterocycles. The first-order chi connectivity index (χ1) is 6.11. The van der Waals surface area contributed by atoms with Crippen molar-refractivity contribution in [2.75, 3.05) is 17.9 Å². The number of nitrogens with zero attached hydrogens (tertiary/aromatic N) is 1. The third-order valence-electron chi connectivity index (χ3n) is 1.87. The Bertz CT molecular complexity index is 346. The van der Waals surface area contributed by atoms with Crippen LogP contribution in [-0.4, -0.2) is 12.0 Å². The highest BCUT2D eigenvalue weighted by molar-refractivity contribution is 5.71. The molecule has 0 aliphatic heterocycles. The van der Waals surface area contributed by atoms with Crippen LogP contribution in [0.1, 0.15) is 11.3 Å². The van der Waals surface area contributed by atoms with Gasteiger partial charge in [-0.25, -0.2) is 16.4 Å². The van der Waals surface area contributed by atoms with Crippen molar-refractivity contribution in [3.8, 4) is 12.3 Å². The predicted molar refractivity (Wildman–Crippen MR) is 53.6 cm³/mol. The second kappa shape index (κ2) is 3.39. The highest BCUT2D eigenvalue weighted by Crippen LogP contribution is 2.26. The normalized spacial score (nSPS) is 9.69. The van der Waals surface area contributed by atoms with E-state index in [0.29, 0.717) is 17.2 Å². The number of terminal acetylenes is 1. The third kappa shape index (κ3) is 1.45. The molecule has 0 aromatic carbocycles. The van der Waals surface area contributed by atoms with Gasteiger partial charge in [-0.15, -0.1) is 6.42 Å². The molecule has 0 radical (unpaired) electrons. The van der Waals surface area contributed by atoms with Gasteiger partial charge in [0.1, 0.15) is 11.5 Å². The fraction of sp³-hybridized carbons (Fsp3) is 0.250. The van der Waals surface area contributed by atoms with Gasteiger partial charge in [0.15, 0.2) is 0 Å². The number of hydrazine groups is 2. The Morgan fingerprint density at radius 2 is 2.23 bits per heavy atom. The maximum atomic E-state index is 5.68. The van der Waals surface area contributed by atoms with E-state index in [9.17, 15) is 0 Å². The minimum absolute atomic E-state index is 0.460. The summed E-state index contributed by atoms with van der Waals surface area (Å²) in [6.07, 6.45) is 5.26. The lowest BCUT2D eigenvalue weighted by Gasteiger charge is -2.16. The number of hydrogen-bond donors (Lipinski definition) is 4. The van der Waals surface area contributed by atoms with Crippen molar-refractivity contribution in [2.24, 2.45) is 5.84 Å². The van der Waals surface area contributed by atoms with Gasteiger partial charge in [-0.3, -0.25) is 0 Å². The molecule has 0 spiro atoms. The number of anilines is 2. The summed E-state index contributed by atoms with van der Waals surface area (Å²) in [5.41, 5.74) is 10.6. The number of nitrogens with two attached hydrogens (primary N) is 2. The van der Waals surface area contributed by atoms with Crippen LogP contribution in [0.25, 0.3) is 0 Å². The molecule has 1 aromatic rings. The van der Waals surface area contributed by atoms with Gasteiger partial charge >= 0.3 is 0 Å². The molecule has 0 bridgehead atoms. The van der Waals surface area contributed by atoms with Gasteiger partial charge in [0.05, 0.1) is 5.69 Å². The van der Waals surface area contributed by atoms with Crippen LogP contribution in [0.2, 0.25) is 0 Å². The van der Waals surface area contributed by atoms with Crippen molar-refractivity contribution in [2.45, 2.75) is 6.92 Å². The van der Waals surface area contributed by atoms with E-state index in [-0.39, 0.29) is 0 Å². The molecule has 0 atom stereocenters. The van der Waals surface area contributed by atoms with Crippen molar-refractivity contribution >= 4 is 11.5 Å². The zero-order valence-corrected chi connectivity index (χ0v) is 7.68. The van der Waals surface area contributed by atoms with Crippen LogP contribution in [0.4, 0.5) is 11.5 Å². The predicted octanol–water partition coefficient (Wildman–Crippen LogP) is -0.299. The highest BCUT2D eigenvalue weighted by atomic mass is 15.7. The number of nitrogen functional groups attached to an aromatic ring is 1. The summed E-state index contributed by atoms with van der Waals surface area (Å²) in [4.78, 5) is 2.86. The molecule has 0 unspecified atom stereocenters. The van der Waals surface area contributed by atoms with Crippen LogP contribution in [0, 0.1) is 19.3 Å². The Morgan fingerprint density at radius 3 is 2.62 bits per heavy atom. The van der Waals surface area contributed by atoms with Gasteiger partial charge < -0.3 is 10.7 Å². The number of rotatable bonds is 2. The molecule has 1 rings (SSSR count). The molecule has 6 N–H and O–H groups in total. The lowest BCUT2D eigenvalue weighted by Crippen LogP contribution is -2.42. The Hall–Kier alpha value is -1.64. The van der Waals surface area contributed by atoms with E-state index in [1.54, 1.807) is 7.05 Å². The minimum Gasteiger partial charge on any atom is -0.383 e. The van der Waals surface area contributed by atoms with Gasteiger partial charge in [-0.05, 0) is 6.92 Å². The molecule has 1 heterocycles. The second-order valence-electron chi connectivity index (χ2n) is 2.63. The molecule has 0 amide bonds. The maximum absolute atomic E-state index is 5.68. The summed E-state index contributed by atoms with van der Waals surface area (Å²) in [6.45, 7) is 1.86. The Morgan fingerprint density at radius 1 is 1.62 bits per heavy atom. The van der Waals surface area contributed by atoms with Gasteiger partial charge in [0.25, 0.3) is 0 Å². The first-order valence-corrected chi connectivity index (χ1v) is 3.78. The number of aromatic nitrogens is 1. The fourth-order valence-corrected chi connectivity index (χ4v) is 1.17. The summed E-state index contributed by atoms with van der Waals surface area (Å²) in [6, 6.07) is 0. The molecular formula is C8H13N5. The van der Waals surface area contributed by atoms with Crippen LogP contribution >= 0.6 is 0 Å². The Kier molecular flexibility index (Phi) is 2.46. The van der Waals surface area contributed by atoms with Crippen LogP contribution in [0.3, 0.4) is 0 Å². The summed E-state index contributed by atoms with van der Waals surface area (Å²) in [5, 5.41) is 1.32. The monoisotopic (exact) mass is 179 g/mol. The summed E-state index contributed by atoms with van der Waals surface area (Å²) >= 11 is 0. The number of H-pyrrole nitrogens is 1. The third-order valence-corrected chi connectivity index (χ3v) is 1.87. The van der Waals surface area contributed by atoms with E-state index in [0.717, 1.165) is 5.56 Å². The van der Waals surface area contributed by atoms with Crippen molar-refractivity contribution in [1.82, 2.24) is 10.4 Å². The van der Waals surface area contributed by atoms with E-state index >= 15 is 0 Å². The standard InChI is InChI=1S/C8H13N5/c1-4-6-5(2)7(8(9)12-6)13(10)11-3/h1,11-12H,9-10H2,2-3H3. The van der Waals surface area contributed by atoms with Gasteiger partial charge in [0, 0.05) is 12.6 Å². The van der Waals surface area contributed by atoms with Gasteiger partial charge in [-0.1, -0.05) is 5.92 Å². The Balaban J connectivity index is 3.22. The summed E-state index contributed by atoms with van der Waals surface area (Å²) in [5.74, 6) is 8.57. The average molecular weight is 179 g/mol. The molecule has 0 fully saturated rings. The molecule has 5 heteroatoms. The lowest BCUT2D eigenvalue weighted by atomic mass is 10.2. The fourth-order valence-electron chi connectivity index (χ4n) is 1.17. The molecule has 0 aliphatic rings. The van der Waals surface area contributed by atoms with Crippen molar-refractivity contribution < 1.29 is 0 Å². The molecule has 5 nitrogen and oxygen atoms in total. The molecular weight excluding hydrogens is 166 g/mol. The van der Waals surface area contributed by atoms with Crippen LogP contribution in [-0.2, 0) is 0 Å². The summed E-state index contributed by atoms with van der Waals surface area (Å²) < 4.78 is 0. The van der Waals surface area contributed by atoms with E-state index in [1.807, 2.05) is 6.92 Å². The van der Waals surface area contributed by atoms with Gasteiger partial charge in [-0.2, -0.15) is 0 Å². The van der Waals surface area contributed by atoms with E-state index in [2.05, 4.69) is 16.3 Å². The average Bonchev–Trinajstić information content (AvgIpc) is 2.40. The van der Waals surface area contributed by atoms with E-state index < -0.39 is 0 Å². The smallest absolute Gasteiger partial charge is 0.129 e. The van der Waals surface area contributed by atoms with Crippen LogP contribution in [0.5, 0.6) is 0 Å². The first kappa shape index (κ1) is 9.45. The summed E-state index contributed by atoms with van der Waals surface area (Å²) in [7, 11) is 1.70. The van der Waals surface area contributed by atoms with Crippen molar-refractivity contribution in [1.29, 1.82) is 0 Å². The van der Waals surface area contributed by atoms with E-state index in [4.69, 9.17) is 18.0 Å². The SMILES string of the molecule is C#Cc1[nH]c(N)c(N(N)NC)c1C. The van der Waals surface area contributed by atoms with Gasteiger partial charge in [0.2, 0.25) is 0 Å². The van der Waals surface area contributed by atoms with Crippen molar-refractivity contribution in [3.05, 3.63) is 11.3 Å². The minimum atomic E-state index is 0.460. The van der Waals surface area contributed by atoms with E-state index in [1.165, 1.54) is 5.12 Å². The number of nitrogens with one attached hydrogen (secondary N) is 2. The van der Waals surface area contributed by atoms with Crippen LogP contribution in [0.15, 0.2) is 0 Å². The quantitative estimate of drug-likeness (QED) is 0.285. The second-order valence-corrected chi connectivity index (χ2v) is 2.63. The molecule has 70 valence electrons. The van der Waals surface area contributed by atoms with Crippen molar-refractivity contribution in [3.63, 3.8) is 0 Å². The maximum Gasteiger partial charge on any atom is 0.129 e. The molecule has 0 aliphatic carbocycles. The van der Waals surface area contributed by atoms with Crippen LogP contribution < -0.4 is 22.1 Å². The zero-order valence-electron chi connectivity index (χ0n) is 7.68. The zero-order chi connectivity index (χ0) is 10.0. The number of aromatic amines is 1. The number of hydrogen-bond acceptors (Lipinski definition) is 4. The highest BCUT2D eigenvalue weighted by Gasteiger charge is 2.13. The molecule has 13 heavy (non-hydrogen) atoms. The lowest BCUT2D eigenvalue weighted by molar-refractivity contribution is 0.737. The Labute approximate surface area is 77.0 Å². The first-order valence-electron chi connectivity index (χ1n) is 3.78. The largest absolute Gasteiger partial charge is 0.383 e.